The number of halogens is 2. The Balaban J connectivity index is 1.75. The van der Waals surface area contributed by atoms with E-state index in [9.17, 15) is 13.6 Å². The summed E-state index contributed by atoms with van der Waals surface area (Å²) in [6, 6.07) is 12.0. The highest BCUT2D eigenvalue weighted by atomic mass is 19.1. The number of rotatable bonds is 3. The Morgan fingerprint density at radius 1 is 1.05 bits per heavy atom. The van der Waals surface area contributed by atoms with Crippen LogP contribution in [-0.4, -0.2) is 10.9 Å². The molecule has 0 atom stereocenters. The number of benzene rings is 2. The van der Waals surface area contributed by atoms with Crippen LogP contribution in [0, 0.1) is 11.6 Å². The maximum absolute atomic E-state index is 13.1. The molecule has 3 nitrogen and oxygen atoms in total. The van der Waals surface area contributed by atoms with Crippen LogP contribution in [0.15, 0.2) is 54.7 Å². The van der Waals surface area contributed by atoms with Crippen LogP contribution in [-0.2, 0) is 6.54 Å². The van der Waals surface area contributed by atoms with Gasteiger partial charge in [0.25, 0.3) is 5.91 Å². The molecule has 3 aromatic rings. The van der Waals surface area contributed by atoms with Crippen LogP contribution < -0.4 is 5.32 Å². The van der Waals surface area contributed by atoms with Crippen molar-refractivity contribution < 1.29 is 13.6 Å². The lowest BCUT2D eigenvalue weighted by Gasteiger charge is -2.07. The van der Waals surface area contributed by atoms with E-state index < -0.39 is 11.6 Å². The number of nitrogens with zero attached hydrogens (tertiary/aromatic N) is 1. The van der Waals surface area contributed by atoms with Gasteiger partial charge in [-0.25, -0.2) is 8.78 Å². The summed E-state index contributed by atoms with van der Waals surface area (Å²) in [5.74, 6) is -1.64. The number of fused-ring (bicyclic) bond motifs is 1. The van der Waals surface area contributed by atoms with Crippen LogP contribution in [0.2, 0.25) is 0 Å². The van der Waals surface area contributed by atoms with Gasteiger partial charge < -0.3 is 5.32 Å². The maximum Gasteiger partial charge on any atom is 0.251 e. The molecule has 1 N–H and O–H groups in total. The molecule has 3 rings (SSSR count). The van der Waals surface area contributed by atoms with Gasteiger partial charge in [-0.1, -0.05) is 6.07 Å². The first-order valence-electron chi connectivity index (χ1n) is 6.70. The van der Waals surface area contributed by atoms with E-state index in [-0.39, 0.29) is 12.5 Å². The minimum absolute atomic E-state index is 0.0542. The summed E-state index contributed by atoms with van der Waals surface area (Å²) in [6.45, 7) is 0.0542. The molecule has 0 aliphatic heterocycles. The van der Waals surface area contributed by atoms with Crippen LogP contribution in [0.4, 0.5) is 8.78 Å². The molecular weight excluding hydrogens is 286 g/mol. The van der Waals surface area contributed by atoms with Crippen LogP contribution in [0.5, 0.6) is 0 Å². The highest BCUT2D eigenvalue weighted by molar-refractivity contribution is 5.97. The molecule has 0 radical (unpaired) electrons. The molecule has 22 heavy (non-hydrogen) atoms. The Morgan fingerprint density at radius 3 is 2.59 bits per heavy atom. The molecule has 1 heterocycles. The average Bonchev–Trinajstić information content (AvgIpc) is 2.51. The molecule has 5 heteroatoms. The Hall–Kier alpha value is -2.82. The smallest absolute Gasteiger partial charge is 0.251 e. The number of hydrogen-bond acceptors (Lipinski definition) is 2. The van der Waals surface area contributed by atoms with Crippen molar-refractivity contribution in [2.45, 2.75) is 6.54 Å². The van der Waals surface area contributed by atoms with E-state index in [1.165, 1.54) is 12.1 Å². The van der Waals surface area contributed by atoms with Gasteiger partial charge in [-0.05, 0) is 42.0 Å². The highest BCUT2D eigenvalue weighted by Gasteiger charge is 2.07. The van der Waals surface area contributed by atoms with Crippen LogP contribution >= 0.6 is 0 Å². The van der Waals surface area contributed by atoms with Crippen LogP contribution in [0.1, 0.15) is 15.9 Å². The third-order valence-electron chi connectivity index (χ3n) is 3.24. The third kappa shape index (κ3) is 3.09. The summed E-state index contributed by atoms with van der Waals surface area (Å²) >= 11 is 0. The van der Waals surface area contributed by atoms with Crippen molar-refractivity contribution in [1.29, 1.82) is 0 Å². The number of nitrogens with one attached hydrogen (secondary N) is 1. The maximum atomic E-state index is 13.1. The molecule has 0 unspecified atom stereocenters. The van der Waals surface area contributed by atoms with Crippen molar-refractivity contribution in [2.24, 2.45) is 0 Å². The van der Waals surface area contributed by atoms with E-state index in [0.29, 0.717) is 11.1 Å². The number of pyridine rings is 1. The lowest BCUT2D eigenvalue weighted by molar-refractivity contribution is 0.0951. The molecule has 110 valence electrons. The monoisotopic (exact) mass is 298 g/mol. The van der Waals surface area contributed by atoms with E-state index in [1.54, 1.807) is 30.5 Å². The molecule has 0 aliphatic rings. The molecular formula is C17H12F2N2O. The molecule has 0 spiro atoms. The Kier molecular flexibility index (Phi) is 3.78. The van der Waals surface area contributed by atoms with E-state index in [4.69, 9.17) is 0 Å². The Labute approximate surface area is 125 Å². The van der Waals surface area contributed by atoms with Crippen molar-refractivity contribution in [3.8, 4) is 0 Å². The summed E-state index contributed by atoms with van der Waals surface area (Å²) in [6.07, 6.45) is 1.68. The van der Waals surface area contributed by atoms with Crippen LogP contribution in [0.3, 0.4) is 0 Å². The lowest BCUT2D eigenvalue weighted by Crippen LogP contribution is -2.22. The quantitative estimate of drug-likeness (QED) is 0.805. The zero-order valence-electron chi connectivity index (χ0n) is 11.5. The van der Waals surface area contributed by atoms with E-state index in [2.05, 4.69) is 10.3 Å². The second-order valence-electron chi connectivity index (χ2n) is 4.87. The van der Waals surface area contributed by atoms with Gasteiger partial charge in [-0.2, -0.15) is 0 Å². The fourth-order valence-electron chi connectivity index (χ4n) is 2.21. The number of carbonyl (C=O) groups excluding carboxylic acids is 1. The lowest BCUT2D eigenvalue weighted by atomic mass is 10.1. The van der Waals surface area contributed by atoms with Gasteiger partial charge in [-0.15, -0.1) is 0 Å². The molecule has 0 aliphatic carbocycles. The van der Waals surface area contributed by atoms with E-state index >= 15 is 0 Å². The van der Waals surface area contributed by atoms with Gasteiger partial charge in [0.2, 0.25) is 0 Å². The number of carbonyl (C=O) groups is 1. The van der Waals surface area contributed by atoms with Crippen molar-refractivity contribution >= 4 is 16.8 Å². The summed E-state index contributed by atoms with van der Waals surface area (Å²) in [7, 11) is 0. The second kappa shape index (κ2) is 5.89. The number of aromatic nitrogens is 1. The van der Waals surface area contributed by atoms with Crippen molar-refractivity contribution in [1.82, 2.24) is 10.3 Å². The third-order valence-corrected chi connectivity index (χ3v) is 3.24. The van der Waals surface area contributed by atoms with Gasteiger partial charge in [0, 0.05) is 29.8 Å². The predicted octanol–water partition coefficient (Wildman–Crippen LogP) is 3.44. The topological polar surface area (TPSA) is 42.0 Å². The molecule has 0 saturated carbocycles. The molecule has 1 amide bonds. The van der Waals surface area contributed by atoms with Gasteiger partial charge in [-0.3, -0.25) is 9.78 Å². The summed E-state index contributed by atoms with van der Waals surface area (Å²) < 4.78 is 26.2. The Bertz CT molecular complexity index is 829. The largest absolute Gasteiger partial charge is 0.348 e. The Morgan fingerprint density at radius 2 is 1.82 bits per heavy atom. The number of amides is 1. The first kappa shape index (κ1) is 14.1. The first-order chi connectivity index (χ1) is 10.6. The van der Waals surface area contributed by atoms with Gasteiger partial charge in [0.15, 0.2) is 0 Å². The minimum Gasteiger partial charge on any atom is -0.348 e. The fourth-order valence-corrected chi connectivity index (χ4v) is 2.21. The summed E-state index contributed by atoms with van der Waals surface area (Å²) in [5.41, 5.74) is 1.64. The second-order valence-corrected chi connectivity index (χ2v) is 4.87. The van der Waals surface area contributed by atoms with Gasteiger partial charge >= 0.3 is 0 Å². The van der Waals surface area contributed by atoms with Crippen molar-refractivity contribution in [3.05, 3.63) is 77.5 Å². The van der Waals surface area contributed by atoms with Crippen LogP contribution in [0.25, 0.3) is 10.9 Å². The molecule has 0 saturated heterocycles. The van der Waals surface area contributed by atoms with Crippen molar-refractivity contribution in [3.63, 3.8) is 0 Å². The van der Waals surface area contributed by atoms with E-state index in [1.807, 2.05) is 6.07 Å². The fraction of sp³-hybridized carbons (Fsp3) is 0.0588. The molecule has 1 aromatic heterocycles. The van der Waals surface area contributed by atoms with Gasteiger partial charge in [0.05, 0.1) is 5.52 Å². The molecule has 2 aromatic carbocycles. The van der Waals surface area contributed by atoms with Gasteiger partial charge in [0.1, 0.15) is 11.6 Å². The average molecular weight is 298 g/mol. The standard InChI is InChI=1S/C17H12F2N2O/c18-14-6-11(7-15(19)9-14)10-21-17(22)13-3-4-16-12(8-13)2-1-5-20-16/h1-9H,10H2,(H,21,22). The molecule has 0 fully saturated rings. The summed E-state index contributed by atoms with van der Waals surface area (Å²) in [5, 5.41) is 3.50. The number of hydrogen-bond donors (Lipinski definition) is 1. The first-order valence-corrected chi connectivity index (χ1v) is 6.70. The highest BCUT2D eigenvalue weighted by Crippen LogP contribution is 2.13. The SMILES string of the molecule is O=C(NCc1cc(F)cc(F)c1)c1ccc2ncccc2c1. The van der Waals surface area contributed by atoms with Crippen molar-refractivity contribution in [2.75, 3.05) is 0 Å². The zero-order chi connectivity index (χ0) is 15.5. The normalized spacial score (nSPS) is 10.6. The molecule has 0 bridgehead atoms. The zero-order valence-corrected chi connectivity index (χ0v) is 11.5. The summed E-state index contributed by atoms with van der Waals surface area (Å²) in [4.78, 5) is 16.3. The van der Waals surface area contributed by atoms with E-state index in [0.717, 1.165) is 17.0 Å². The minimum atomic E-state index is -0.666. The predicted molar refractivity (Wildman–Crippen MR) is 79.3 cm³/mol.